The van der Waals surface area contributed by atoms with Crippen LogP contribution in [0.2, 0.25) is 0 Å². The van der Waals surface area contributed by atoms with Gasteiger partial charge in [0.1, 0.15) is 5.58 Å². The van der Waals surface area contributed by atoms with E-state index in [-0.39, 0.29) is 0 Å². The Labute approximate surface area is 276 Å². The molecule has 0 fully saturated rings. The van der Waals surface area contributed by atoms with Crippen molar-refractivity contribution in [2.24, 2.45) is 0 Å². The summed E-state index contributed by atoms with van der Waals surface area (Å²) in [5.74, 6) is 1.56. The number of furan rings is 3. The molecule has 0 amide bonds. The molecule has 48 heavy (non-hydrogen) atoms. The Hall–Kier alpha value is -6.26. The van der Waals surface area contributed by atoms with E-state index in [0.717, 1.165) is 67.2 Å². The van der Waals surface area contributed by atoms with Gasteiger partial charge in [0.05, 0.1) is 29.3 Å². The Kier molecular flexibility index (Phi) is 4.95. The number of benzene rings is 6. The summed E-state index contributed by atoms with van der Waals surface area (Å²) >= 11 is 0. The van der Waals surface area contributed by atoms with Gasteiger partial charge in [0.15, 0.2) is 17.1 Å². The van der Waals surface area contributed by atoms with Gasteiger partial charge in [-0.25, -0.2) is 0 Å². The Balaban J connectivity index is 1.22. The third-order valence-electron chi connectivity index (χ3n) is 10.6. The summed E-state index contributed by atoms with van der Waals surface area (Å²) in [5, 5.41) is 4.68. The van der Waals surface area contributed by atoms with Crippen LogP contribution in [-0.4, -0.2) is 0 Å². The number of nitrogens with zero attached hydrogens (tertiary/aromatic N) is 1. The van der Waals surface area contributed by atoms with E-state index in [0.29, 0.717) is 0 Å². The lowest BCUT2D eigenvalue weighted by molar-refractivity contribution is 0.525. The quantitative estimate of drug-likeness (QED) is 0.194. The normalized spacial score (nSPS) is 14.1. The van der Waals surface area contributed by atoms with Crippen molar-refractivity contribution >= 4 is 49.8 Å². The van der Waals surface area contributed by atoms with Crippen molar-refractivity contribution in [3.05, 3.63) is 174 Å². The van der Waals surface area contributed by atoms with Crippen molar-refractivity contribution < 1.29 is 13.3 Å². The lowest BCUT2D eigenvalue weighted by atomic mass is 9.65. The first kappa shape index (κ1) is 25.9. The molecule has 0 N–H and O–H groups in total. The van der Waals surface area contributed by atoms with E-state index in [1.165, 1.54) is 33.0 Å². The lowest BCUT2D eigenvalue weighted by Crippen LogP contribution is -2.36. The van der Waals surface area contributed by atoms with Gasteiger partial charge in [-0.3, -0.25) is 0 Å². The zero-order chi connectivity index (χ0) is 31.6. The zero-order valence-electron chi connectivity index (χ0n) is 26.0. The van der Waals surface area contributed by atoms with Crippen LogP contribution < -0.4 is 4.90 Å². The highest BCUT2D eigenvalue weighted by Crippen LogP contribution is 2.65. The van der Waals surface area contributed by atoms with Gasteiger partial charge in [0.2, 0.25) is 0 Å². The Bertz CT molecular complexity index is 2730. The summed E-state index contributed by atoms with van der Waals surface area (Å²) < 4.78 is 19.1. The van der Waals surface area contributed by atoms with Crippen LogP contribution in [0, 0.1) is 6.92 Å². The van der Waals surface area contributed by atoms with Crippen LogP contribution in [0.25, 0.3) is 55.4 Å². The highest BCUT2D eigenvalue weighted by molar-refractivity contribution is 6.13. The molecule has 2 aliphatic rings. The molecular weight excluding hydrogens is 590 g/mol. The minimum atomic E-state index is -0.639. The fourth-order valence-corrected chi connectivity index (χ4v) is 8.57. The molecule has 0 saturated carbocycles. The molecule has 226 valence electrons. The number of fused-ring (bicyclic) bond motifs is 14. The number of aryl methyl sites for hydroxylation is 1. The predicted octanol–water partition coefficient (Wildman–Crippen LogP) is 12.0. The van der Waals surface area contributed by atoms with E-state index in [4.69, 9.17) is 13.3 Å². The Morgan fingerprint density at radius 2 is 1.31 bits per heavy atom. The second kappa shape index (κ2) is 9.18. The maximum absolute atomic E-state index is 6.83. The number of para-hydroxylation sites is 2. The Morgan fingerprint density at radius 1 is 0.562 bits per heavy atom. The van der Waals surface area contributed by atoms with E-state index in [1.807, 2.05) is 6.07 Å². The summed E-state index contributed by atoms with van der Waals surface area (Å²) in [4.78, 5) is 2.40. The van der Waals surface area contributed by atoms with Gasteiger partial charge in [-0.15, -0.1) is 0 Å². The van der Waals surface area contributed by atoms with Gasteiger partial charge in [0, 0.05) is 27.6 Å². The van der Waals surface area contributed by atoms with Gasteiger partial charge >= 0.3 is 0 Å². The fourth-order valence-electron chi connectivity index (χ4n) is 8.57. The van der Waals surface area contributed by atoms with Crippen LogP contribution in [0.1, 0.15) is 27.8 Å². The monoisotopic (exact) mass is 617 g/mol. The molecule has 1 spiro atoms. The molecule has 3 aromatic heterocycles. The summed E-state index contributed by atoms with van der Waals surface area (Å²) in [7, 11) is 0. The first-order valence-electron chi connectivity index (χ1n) is 16.3. The second-order valence-electron chi connectivity index (χ2n) is 12.9. The van der Waals surface area contributed by atoms with Crippen molar-refractivity contribution in [2.45, 2.75) is 12.3 Å². The van der Waals surface area contributed by atoms with E-state index in [1.54, 1.807) is 12.5 Å². The predicted molar refractivity (Wildman–Crippen MR) is 191 cm³/mol. The van der Waals surface area contributed by atoms with Crippen LogP contribution >= 0.6 is 0 Å². The van der Waals surface area contributed by atoms with Gasteiger partial charge in [0.25, 0.3) is 0 Å². The van der Waals surface area contributed by atoms with Gasteiger partial charge in [-0.05, 0) is 94.0 Å². The highest BCUT2D eigenvalue weighted by Gasteiger charge is 2.55. The minimum absolute atomic E-state index is 0.639. The largest absolute Gasteiger partial charge is 0.461 e. The molecule has 6 aromatic carbocycles. The smallest absolute Gasteiger partial charge is 0.174 e. The van der Waals surface area contributed by atoms with Gasteiger partial charge in [-0.1, -0.05) is 84.9 Å². The molecule has 4 nitrogen and oxygen atoms in total. The Morgan fingerprint density at radius 3 is 2.15 bits per heavy atom. The summed E-state index contributed by atoms with van der Waals surface area (Å²) in [6.07, 6.45) is 3.56. The maximum Gasteiger partial charge on any atom is 0.174 e. The van der Waals surface area contributed by atoms with Crippen molar-refractivity contribution in [3.8, 4) is 22.6 Å². The second-order valence-corrected chi connectivity index (χ2v) is 12.9. The molecule has 0 radical (unpaired) electrons. The van der Waals surface area contributed by atoms with E-state index < -0.39 is 5.41 Å². The van der Waals surface area contributed by atoms with Gasteiger partial charge < -0.3 is 18.2 Å². The first-order valence-corrected chi connectivity index (χ1v) is 16.3. The number of hydrogen-bond acceptors (Lipinski definition) is 4. The first-order chi connectivity index (χ1) is 23.7. The van der Waals surface area contributed by atoms with E-state index >= 15 is 0 Å². The molecule has 1 aliphatic heterocycles. The molecule has 9 aromatic rings. The topological polar surface area (TPSA) is 42.7 Å². The molecule has 0 bridgehead atoms. The standard InChI is InChI=1S/C44H27NO3/c1-26-24-30(16-17-31(26)29-15-14-27-8-2-3-9-28(27)25-29)45-38-12-6-5-11-34(38)44(36-20-22-46-42(36)43-37(44)21-23-47-43)35-19-18-33-32-10-4-7-13-39(32)48-41(33)40(35)45/h2-25H,1H3. The van der Waals surface area contributed by atoms with Crippen LogP contribution in [0.4, 0.5) is 17.1 Å². The molecular formula is C44H27NO3. The minimum Gasteiger partial charge on any atom is -0.461 e. The van der Waals surface area contributed by atoms with E-state index in [2.05, 4.69) is 139 Å². The molecule has 11 rings (SSSR count). The maximum atomic E-state index is 6.83. The molecule has 0 unspecified atom stereocenters. The SMILES string of the molecule is Cc1cc(N2c3ccccc3C3(c4ccoc4-c4occc43)c3ccc4c(oc5ccccc54)c32)ccc1-c1ccc2ccccc2c1. The van der Waals surface area contributed by atoms with Crippen LogP contribution in [0.3, 0.4) is 0 Å². The van der Waals surface area contributed by atoms with Crippen LogP contribution in [-0.2, 0) is 5.41 Å². The molecule has 0 atom stereocenters. The molecule has 4 heterocycles. The van der Waals surface area contributed by atoms with Crippen molar-refractivity contribution in [3.63, 3.8) is 0 Å². The van der Waals surface area contributed by atoms with E-state index in [9.17, 15) is 0 Å². The average molecular weight is 618 g/mol. The van der Waals surface area contributed by atoms with Crippen molar-refractivity contribution in [1.29, 1.82) is 0 Å². The summed E-state index contributed by atoms with van der Waals surface area (Å²) in [6.45, 7) is 2.21. The molecule has 4 heteroatoms. The van der Waals surface area contributed by atoms with Crippen molar-refractivity contribution in [2.75, 3.05) is 4.90 Å². The molecule has 1 aliphatic carbocycles. The van der Waals surface area contributed by atoms with Crippen LogP contribution in [0.5, 0.6) is 0 Å². The number of hydrogen-bond donors (Lipinski definition) is 0. The fraction of sp³-hybridized carbons (Fsp3) is 0.0455. The van der Waals surface area contributed by atoms with Crippen molar-refractivity contribution in [1.82, 2.24) is 0 Å². The summed E-state index contributed by atoms with van der Waals surface area (Å²) in [6, 6.07) is 47.8. The zero-order valence-corrected chi connectivity index (χ0v) is 26.0. The number of anilines is 3. The number of rotatable bonds is 2. The lowest BCUT2D eigenvalue weighted by Gasteiger charge is -2.44. The van der Waals surface area contributed by atoms with Crippen LogP contribution in [0.15, 0.2) is 159 Å². The summed E-state index contributed by atoms with van der Waals surface area (Å²) in [5.41, 5.74) is 12.4. The van der Waals surface area contributed by atoms with Gasteiger partial charge in [-0.2, -0.15) is 0 Å². The third kappa shape index (κ3) is 3.14. The average Bonchev–Trinajstić information content (AvgIpc) is 3.92. The highest BCUT2D eigenvalue weighted by atomic mass is 16.4. The molecule has 0 saturated heterocycles. The third-order valence-corrected chi connectivity index (χ3v) is 10.6.